The van der Waals surface area contributed by atoms with Crippen LogP contribution in [-0.2, 0) is 4.79 Å². The monoisotopic (exact) mass is 446 g/mol. The van der Waals surface area contributed by atoms with Gasteiger partial charge in [-0.1, -0.05) is 24.3 Å². The molecule has 4 rings (SSSR count). The van der Waals surface area contributed by atoms with Crippen molar-refractivity contribution in [3.63, 3.8) is 0 Å². The highest BCUT2D eigenvalue weighted by atomic mass is 32.1. The normalized spacial score (nSPS) is 15.1. The van der Waals surface area contributed by atoms with E-state index in [1.807, 2.05) is 41.8 Å². The molecule has 0 radical (unpaired) electrons. The summed E-state index contributed by atoms with van der Waals surface area (Å²) in [6, 6.07) is 18.6. The second-order valence-electron chi connectivity index (χ2n) is 7.11. The Kier molecular flexibility index (Phi) is 6.38. The van der Waals surface area contributed by atoms with Gasteiger partial charge in [-0.15, -0.1) is 11.3 Å². The maximum absolute atomic E-state index is 13.2. The Hall–Kier alpha value is -3.83. The molecule has 0 spiro atoms. The highest BCUT2D eigenvalue weighted by Crippen LogP contribution is 2.37. The minimum atomic E-state index is -0.271. The lowest BCUT2D eigenvalue weighted by atomic mass is 10.0. The van der Waals surface area contributed by atoms with Crippen LogP contribution in [0.15, 0.2) is 65.1 Å². The molecule has 1 aromatic heterocycles. The Bertz CT molecular complexity index is 1180. The van der Waals surface area contributed by atoms with Crippen molar-refractivity contribution in [2.45, 2.75) is 12.5 Å². The number of amides is 1. The van der Waals surface area contributed by atoms with E-state index in [1.165, 1.54) is 5.01 Å². The smallest absolute Gasteiger partial charge is 0.262 e. The summed E-state index contributed by atoms with van der Waals surface area (Å²) >= 11 is 1.59. The number of anilines is 1. The molecule has 162 valence electrons. The molecular weight excluding hydrogens is 424 g/mol. The fourth-order valence-electron chi connectivity index (χ4n) is 3.64. The van der Waals surface area contributed by atoms with Gasteiger partial charge in [-0.25, -0.2) is 5.01 Å². The van der Waals surface area contributed by atoms with Crippen LogP contribution in [0, 0.1) is 11.3 Å². The summed E-state index contributed by atoms with van der Waals surface area (Å²) in [5, 5.41) is 20.6. The number of thiophene rings is 1. The van der Waals surface area contributed by atoms with Crippen LogP contribution in [0.3, 0.4) is 0 Å². The summed E-state index contributed by atoms with van der Waals surface area (Å²) in [7, 11) is 3.18. The van der Waals surface area contributed by atoms with Gasteiger partial charge >= 0.3 is 0 Å². The van der Waals surface area contributed by atoms with Gasteiger partial charge in [0.05, 0.1) is 48.6 Å². The standard InChI is InChI=1S/C24H22N4O3S/c1-30-21-10-9-16(12-22(21)31-2)20-13-19(23-8-5-11-32-23)27-28(20)24(29)15-26-18-7-4-3-6-17(18)14-25/h3-12,20,26H,13,15H2,1-2H3/t20-/m1/s1. The van der Waals surface area contributed by atoms with E-state index in [9.17, 15) is 10.1 Å². The molecule has 2 aromatic carbocycles. The number of hydrogen-bond donors (Lipinski definition) is 1. The van der Waals surface area contributed by atoms with Crippen molar-refractivity contribution >= 4 is 28.6 Å². The van der Waals surface area contributed by atoms with Gasteiger partial charge in [0, 0.05) is 6.42 Å². The highest BCUT2D eigenvalue weighted by Gasteiger charge is 2.33. The van der Waals surface area contributed by atoms with Gasteiger partial charge in [-0.3, -0.25) is 4.79 Å². The van der Waals surface area contributed by atoms with E-state index >= 15 is 0 Å². The number of nitriles is 1. The average Bonchev–Trinajstić information content (AvgIpc) is 3.52. The molecular formula is C24H22N4O3S. The van der Waals surface area contributed by atoms with Crippen LogP contribution in [0.2, 0.25) is 0 Å². The highest BCUT2D eigenvalue weighted by molar-refractivity contribution is 7.12. The Morgan fingerprint density at radius 1 is 1.19 bits per heavy atom. The molecule has 0 fully saturated rings. The molecule has 8 heteroatoms. The van der Waals surface area contributed by atoms with Crippen molar-refractivity contribution in [2.24, 2.45) is 5.10 Å². The molecule has 2 heterocycles. The number of carbonyl (C=O) groups excluding carboxylic acids is 1. The third-order valence-electron chi connectivity index (χ3n) is 5.24. The van der Waals surface area contributed by atoms with Crippen molar-refractivity contribution in [3.05, 3.63) is 76.0 Å². The summed E-state index contributed by atoms with van der Waals surface area (Å²) in [6.45, 7) is 0.0176. The number of nitrogens with one attached hydrogen (secondary N) is 1. The number of ether oxygens (including phenoxy) is 2. The van der Waals surface area contributed by atoms with Crippen molar-refractivity contribution in [2.75, 3.05) is 26.1 Å². The molecule has 0 saturated carbocycles. The van der Waals surface area contributed by atoms with Crippen LogP contribution >= 0.6 is 11.3 Å². The lowest BCUT2D eigenvalue weighted by molar-refractivity contribution is -0.131. The lowest BCUT2D eigenvalue weighted by Gasteiger charge is -2.23. The summed E-state index contributed by atoms with van der Waals surface area (Å²) in [5.74, 6) is 1.04. The molecule has 32 heavy (non-hydrogen) atoms. The van der Waals surface area contributed by atoms with Gasteiger partial charge in [0.2, 0.25) is 0 Å². The number of benzene rings is 2. The summed E-state index contributed by atoms with van der Waals surface area (Å²) < 4.78 is 10.8. The molecule has 7 nitrogen and oxygen atoms in total. The number of para-hydroxylation sites is 1. The molecule has 1 aliphatic heterocycles. The Labute approximate surface area is 190 Å². The fraction of sp³-hybridized carbons (Fsp3) is 0.208. The van der Waals surface area contributed by atoms with Gasteiger partial charge < -0.3 is 14.8 Å². The number of nitrogens with zero attached hydrogens (tertiary/aromatic N) is 3. The van der Waals surface area contributed by atoms with Crippen molar-refractivity contribution in [3.8, 4) is 17.6 Å². The summed E-state index contributed by atoms with van der Waals surface area (Å²) in [5.41, 5.74) is 2.88. The fourth-order valence-corrected chi connectivity index (χ4v) is 4.36. The Morgan fingerprint density at radius 3 is 2.72 bits per heavy atom. The zero-order valence-electron chi connectivity index (χ0n) is 17.7. The first-order valence-corrected chi connectivity index (χ1v) is 10.9. The first-order valence-electron chi connectivity index (χ1n) is 10.0. The van der Waals surface area contributed by atoms with E-state index in [4.69, 9.17) is 9.47 Å². The third kappa shape index (κ3) is 4.29. The minimum absolute atomic E-state index is 0.0176. The summed E-state index contributed by atoms with van der Waals surface area (Å²) in [4.78, 5) is 14.3. The molecule has 0 aliphatic carbocycles. The number of hydrogen-bond acceptors (Lipinski definition) is 7. The van der Waals surface area contributed by atoms with Crippen LogP contribution in [0.5, 0.6) is 11.5 Å². The number of carbonyl (C=O) groups is 1. The van der Waals surface area contributed by atoms with Crippen LogP contribution in [-0.4, -0.2) is 37.4 Å². The largest absolute Gasteiger partial charge is 0.493 e. The minimum Gasteiger partial charge on any atom is -0.493 e. The van der Waals surface area contributed by atoms with E-state index in [2.05, 4.69) is 16.5 Å². The van der Waals surface area contributed by atoms with E-state index in [0.717, 1.165) is 16.2 Å². The van der Waals surface area contributed by atoms with Crippen LogP contribution in [0.25, 0.3) is 0 Å². The Morgan fingerprint density at radius 2 is 2.00 bits per heavy atom. The zero-order valence-corrected chi connectivity index (χ0v) is 18.6. The Balaban J connectivity index is 1.61. The van der Waals surface area contributed by atoms with Crippen LogP contribution in [0.4, 0.5) is 5.69 Å². The lowest BCUT2D eigenvalue weighted by Crippen LogP contribution is -2.32. The molecule has 1 atom stereocenters. The number of hydrazone groups is 1. The van der Waals surface area contributed by atoms with Gasteiger partial charge in [0.25, 0.3) is 5.91 Å². The van der Waals surface area contributed by atoms with E-state index in [1.54, 1.807) is 43.8 Å². The first kappa shape index (κ1) is 21.4. The molecule has 1 N–H and O–H groups in total. The van der Waals surface area contributed by atoms with Crippen molar-refractivity contribution in [1.29, 1.82) is 5.26 Å². The molecule has 1 amide bonds. The summed E-state index contributed by atoms with van der Waals surface area (Å²) in [6.07, 6.45) is 0.594. The number of methoxy groups -OCH3 is 2. The second-order valence-corrected chi connectivity index (χ2v) is 8.06. The predicted octanol–water partition coefficient (Wildman–Crippen LogP) is 4.43. The van der Waals surface area contributed by atoms with Crippen LogP contribution < -0.4 is 14.8 Å². The molecule has 0 bridgehead atoms. The SMILES string of the molecule is COc1ccc([C@H]2CC(c3cccs3)=NN2C(=O)CNc2ccccc2C#N)cc1OC. The third-order valence-corrected chi connectivity index (χ3v) is 6.16. The van der Waals surface area contributed by atoms with Crippen molar-refractivity contribution < 1.29 is 14.3 Å². The zero-order chi connectivity index (χ0) is 22.5. The molecule has 1 aliphatic rings. The van der Waals surface area contributed by atoms with Gasteiger partial charge in [-0.2, -0.15) is 10.4 Å². The molecule has 0 saturated heterocycles. The van der Waals surface area contributed by atoms with E-state index < -0.39 is 0 Å². The average molecular weight is 447 g/mol. The van der Waals surface area contributed by atoms with Crippen molar-refractivity contribution in [1.82, 2.24) is 5.01 Å². The van der Waals surface area contributed by atoms with E-state index in [-0.39, 0.29) is 18.5 Å². The van der Waals surface area contributed by atoms with E-state index in [0.29, 0.717) is 29.2 Å². The van der Waals surface area contributed by atoms with Gasteiger partial charge in [0.15, 0.2) is 11.5 Å². The van der Waals surface area contributed by atoms with Gasteiger partial charge in [-0.05, 0) is 41.3 Å². The maximum atomic E-state index is 13.2. The second kappa shape index (κ2) is 9.54. The quantitative estimate of drug-likeness (QED) is 0.580. The maximum Gasteiger partial charge on any atom is 0.262 e. The number of rotatable bonds is 7. The topological polar surface area (TPSA) is 87.0 Å². The van der Waals surface area contributed by atoms with Gasteiger partial charge in [0.1, 0.15) is 6.07 Å². The molecule has 0 unspecified atom stereocenters. The predicted molar refractivity (Wildman–Crippen MR) is 124 cm³/mol. The molecule has 3 aromatic rings. The van der Waals surface area contributed by atoms with Crippen LogP contribution in [0.1, 0.15) is 28.5 Å². The first-order chi connectivity index (χ1) is 15.6.